The van der Waals surface area contributed by atoms with Gasteiger partial charge in [0.05, 0.1) is 25.4 Å². The number of hydrogen-bond acceptors (Lipinski definition) is 6. The lowest BCUT2D eigenvalue weighted by molar-refractivity contribution is -0.148. The number of aromatic nitrogens is 1. The van der Waals surface area contributed by atoms with Crippen molar-refractivity contribution in [2.45, 2.75) is 83.7 Å². The Balaban J connectivity index is 1.41. The lowest BCUT2D eigenvalue weighted by Gasteiger charge is -2.43. The number of H-pyrrole nitrogens is 1. The number of fused-ring (bicyclic) bond motifs is 3. The number of carbonyl (C=O) groups excluding carboxylic acids is 1. The summed E-state index contributed by atoms with van der Waals surface area (Å²) in [7, 11) is 0. The molecule has 7 nitrogen and oxygen atoms in total. The van der Waals surface area contributed by atoms with Crippen molar-refractivity contribution in [3.63, 3.8) is 0 Å². The molecule has 3 aromatic rings. The van der Waals surface area contributed by atoms with E-state index in [1.54, 1.807) is 6.92 Å². The monoisotopic (exact) mass is 604 g/mol. The van der Waals surface area contributed by atoms with Gasteiger partial charge in [0.1, 0.15) is 29.7 Å². The van der Waals surface area contributed by atoms with Crippen molar-refractivity contribution in [3.05, 3.63) is 64.9 Å². The lowest BCUT2D eigenvalue weighted by Crippen LogP contribution is -2.48. The van der Waals surface area contributed by atoms with Gasteiger partial charge in [-0.25, -0.2) is 18.0 Å². The zero-order valence-electron chi connectivity index (χ0n) is 25.4. The molecule has 0 fully saturated rings. The molecule has 0 saturated heterocycles. The molecule has 10 heteroatoms. The third-order valence-electron chi connectivity index (χ3n) is 7.70. The molecule has 2 aromatic carbocycles. The maximum atomic E-state index is 15.8. The fourth-order valence-electron chi connectivity index (χ4n) is 5.84. The van der Waals surface area contributed by atoms with Crippen molar-refractivity contribution in [1.82, 2.24) is 9.88 Å². The Labute approximate surface area is 251 Å². The minimum Gasteiger partial charge on any atom is -0.493 e. The van der Waals surface area contributed by atoms with Crippen LogP contribution < -0.4 is 4.74 Å². The largest absolute Gasteiger partial charge is 0.493 e. The van der Waals surface area contributed by atoms with E-state index in [1.807, 2.05) is 36.1 Å². The maximum absolute atomic E-state index is 15.8. The number of carbonyl (C=O) groups is 1. The number of aliphatic hydroxyl groups is 1. The van der Waals surface area contributed by atoms with Crippen molar-refractivity contribution < 1.29 is 37.3 Å². The topological polar surface area (TPSA) is 84.0 Å². The molecule has 236 valence electrons. The second kappa shape index (κ2) is 14.6. The number of para-hydroxylation sites is 1. The number of alkyl halides is 1. The lowest BCUT2D eigenvalue weighted by atomic mass is 9.87. The highest BCUT2D eigenvalue weighted by molar-refractivity contribution is 5.85. The van der Waals surface area contributed by atoms with Crippen molar-refractivity contribution in [2.24, 2.45) is 0 Å². The Morgan fingerprint density at radius 1 is 1.14 bits per heavy atom. The summed E-state index contributed by atoms with van der Waals surface area (Å²) in [6.07, 6.45) is 2.03. The van der Waals surface area contributed by atoms with Gasteiger partial charge in [-0.05, 0) is 71.4 Å². The summed E-state index contributed by atoms with van der Waals surface area (Å²) in [6.45, 7) is 7.32. The molecule has 0 aliphatic carbocycles. The molecule has 3 atom stereocenters. The summed E-state index contributed by atoms with van der Waals surface area (Å²) < 4.78 is 62.2. The summed E-state index contributed by atoms with van der Waals surface area (Å²) in [6, 6.07) is 9.11. The molecule has 4 rings (SSSR count). The number of ether oxygens (including phenoxy) is 3. The molecule has 0 saturated carbocycles. The van der Waals surface area contributed by atoms with Crippen LogP contribution in [0.5, 0.6) is 5.75 Å². The van der Waals surface area contributed by atoms with Gasteiger partial charge in [-0.15, -0.1) is 0 Å². The van der Waals surface area contributed by atoms with Crippen LogP contribution in [-0.4, -0.2) is 71.7 Å². The van der Waals surface area contributed by atoms with Gasteiger partial charge in [0, 0.05) is 53.5 Å². The van der Waals surface area contributed by atoms with Crippen LogP contribution in [-0.2, 0) is 20.7 Å². The average molecular weight is 605 g/mol. The van der Waals surface area contributed by atoms with Gasteiger partial charge in [-0.3, -0.25) is 4.90 Å². The van der Waals surface area contributed by atoms with Crippen LogP contribution >= 0.6 is 0 Å². The number of halogens is 3. The number of esters is 1. The second-order valence-electron chi connectivity index (χ2n) is 11.9. The zero-order valence-corrected chi connectivity index (χ0v) is 25.4. The highest BCUT2D eigenvalue weighted by Crippen LogP contribution is 2.43. The first-order chi connectivity index (χ1) is 20.5. The van der Waals surface area contributed by atoms with Crippen molar-refractivity contribution in [2.75, 3.05) is 33.0 Å². The summed E-state index contributed by atoms with van der Waals surface area (Å²) in [5, 5.41) is 11.2. The normalized spacial score (nSPS) is 18.0. The van der Waals surface area contributed by atoms with Gasteiger partial charge >= 0.3 is 5.97 Å². The standard InChI is InChI=1S/C33H43F3N2O5/c1-5-42-29(40)19-41-14-8-10-22(39)11-9-15-43-23-17-26(34)30(27(35)18-23)32-31-25(24-12-6-7-13-28(24)37-31)16-21(2)38(32)20-33(3,4)36/h6-7,12-13,17-18,21-22,32,37,39H,5,8-11,14-16,19-20H2,1-4H3/t21-,22?,32?/m1/s1. The van der Waals surface area contributed by atoms with E-state index in [2.05, 4.69) is 4.98 Å². The molecule has 2 unspecified atom stereocenters. The Bertz CT molecular complexity index is 1350. The van der Waals surface area contributed by atoms with Crippen LogP contribution in [0.3, 0.4) is 0 Å². The quantitative estimate of drug-likeness (QED) is 0.154. The van der Waals surface area contributed by atoms with Gasteiger partial charge in [-0.2, -0.15) is 0 Å². The smallest absolute Gasteiger partial charge is 0.332 e. The van der Waals surface area contributed by atoms with E-state index in [0.29, 0.717) is 51.0 Å². The number of nitrogens with zero attached hydrogens (tertiary/aromatic N) is 1. The van der Waals surface area contributed by atoms with E-state index in [0.717, 1.165) is 16.5 Å². The van der Waals surface area contributed by atoms with Crippen LogP contribution in [0.2, 0.25) is 0 Å². The minimum absolute atomic E-state index is 0.00458. The Kier molecular flexibility index (Phi) is 11.1. The summed E-state index contributed by atoms with van der Waals surface area (Å²) in [5.41, 5.74) is 0.820. The molecular weight excluding hydrogens is 561 g/mol. The minimum atomic E-state index is -1.58. The third kappa shape index (κ3) is 8.52. The molecular formula is C33H43F3N2O5. The van der Waals surface area contributed by atoms with E-state index >= 15 is 8.78 Å². The molecule has 0 bridgehead atoms. The third-order valence-corrected chi connectivity index (χ3v) is 7.70. The Hall–Kier alpha value is -3.08. The molecule has 2 heterocycles. The molecule has 0 amide bonds. The van der Waals surface area contributed by atoms with E-state index in [4.69, 9.17) is 14.2 Å². The highest BCUT2D eigenvalue weighted by Gasteiger charge is 2.41. The van der Waals surface area contributed by atoms with Crippen LogP contribution in [0.25, 0.3) is 10.9 Å². The maximum Gasteiger partial charge on any atom is 0.332 e. The number of rotatable bonds is 15. The number of hydrogen-bond donors (Lipinski definition) is 2. The number of nitrogens with one attached hydrogen (secondary N) is 1. The second-order valence-corrected chi connectivity index (χ2v) is 11.9. The summed E-state index contributed by atoms with van der Waals surface area (Å²) in [5.74, 6) is -1.89. The molecule has 43 heavy (non-hydrogen) atoms. The summed E-state index contributed by atoms with van der Waals surface area (Å²) in [4.78, 5) is 16.5. The fraction of sp³-hybridized carbons (Fsp3) is 0.545. The van der Waals surface area contributed by atoms with Gasteiger partial charge in [-0.1, -0.05) is 18.2 Å². The van der Waals surface area contributed by atoms with E-state index in [-0.39, 0.29) is 37.1 Å². The molecule has 1 aliphatic rings. The first-order valence-electron chi connectivity index (χ1n) is 15.1. The average Bonchev–Trinajstić information content (AvgIpc) is 3.29. The predicted octanol–water partition coefficient (Wildman–Crippen LogP) is 6.41. The molecule has 2 N–H and O–H groups in total. The summed E-state index contributed by atoms with van der Waals surface area (Å²) >= 11 is 0. The van der Waals surface area contributed by atoms with Crippen molar-refractivity contribution >= 4 is 16.9 Å². The van der Waals surface area contributed by atoms with E-state index < -0.39 is 35.4 Å². The molecule has 0 radical (unpaired) electrons. The Morgan fingerprint density at radius 3 is 2.49 bits per heavy atom. The van der Waals surface area contributed by atoms with Crippen LogP contribution in [0.15, 0.2) is 36.4 Å². The predicted molar refractivity (Wildman–Crippen MR) is 159 cm³/mol. The van der Waals surface area contributed by atoms with Crippen molar-refractivity contribution in [1.29, 1.82) is 0 Å². The Morgan fingerprint density at radius 2 is 1.81 bits per heavy atom. The number of benzene rings is 2. The number of aliphatic hydroxyl groups excluding tert-OH is 1. The highest BCUT2D eigenvalue weighted by atomic mass is 19.1. The molecule has 0 spiro atoms. The van der Waals surface area contributed by atoms with E-state index in [1.165, 1.54) is 26.0 Å². The van der Waals surface area contributed by atoms with Crippen LogP contribution in [0.1, 0.15) is 76.2 Å². The number of aromatic amines is 1. The van der Waals surface area contributed by atoms with Gasteiger partial charge in [0.15, 0.2) is 0 Å². The molecule has 1 aromatic heterocycles. The first-order valence-corrected chi connectivity index (χ1v) is 15.1. The van der Waals surface area contributed by atoms with Gasteiger partial charge < -0.3 is 24.3 Å². The van der Waals surface area contributed by atoms with E-state index in [9.17, 15) is 14.3 Å². The van der Waals surface area contributed by atoms with Crippen LogP contribution in [0, 0.1) is 11.6 Å². The van der Waals surface area contributed by atoms with Gasteiger partial charge in [0.2, 0.25) is 0 Å². The molecule has 1 aliphatic heterocycles. The van der Waals surface area contributed by atoms with Crippen LogP contribution in [0.4, 0.5) is 13.2 Å². The fourth-order valence-corrected chi connectivity index (χ4v) is 5.84. The zero-order chi connectivity index (χ0) is 31.1. The SMILES string of the molecule is CCOC(=O)COCCCC(O)CCCOc1cc(F)c(C2c3[nH]c4ccccc4c3C[C@@H](C)N2CC(C)(C)F)c(F)c1. The van der Waals surface area contributed by atoms with Crippen molar-refractivity contribution in [3.8, 4) is 5.75 Å². The van der Waals surface area contributed by atoms with Gasteiger partial charge in [0.25, 0.3) is 0 Å². The first kappa shape index (κ1) is 32.8.